The van der Waals surface area contributed by atoms with Gasteiger partial charge in [-0.1, -0.05) is 5.70 Å². The second-order valence-electron chi connectivity index (χ2n) is 11.3. The Hall–Kier alpha value is 1.57. The molecule has 0 spiro atoms. The molecule has 4 fully saturated rings. The molecule has 242 valence electrons. The molecule has 41 heavy (non-hydrogen) atoms. The lowest BCUT2D eigenvalue weighted by molar-refractivity contribution is 0.0154. The maximum atomic E-state index is 6.45. The van der Waals surface area contributed by atoms with Gasteiger partial charge in [-0.05, 0) is 32.7 Å². The van der Waals surface area contributed by atoms with Crippen molar-refractivity contribution >= 4 is 98.8 Å². The highest BCUT2D eigenvalue weighted by Crippen LogP contribution is 2.43. The van der Waals surface area contributed by atoms with Crippen molar-refractivity contribution in [1.82, 2.24) is 0 Å². The van der Waals surface area contributed by atoms with E-state index in [9.17, 15) is 0 Å². The Morgan fingerprint density at radius 2 is 0.976 bits per heavy atom. The number of hydrogen-bond donors (Lipinski definition) is 0. The van der Waals surface area contributed by atoms with E-state index in [1.54, 1.807) is 60.0 Å². The van der Waals surface area contributed by atoms with Crippen LogP contribution < -0.4 is 0 Å². The Kier molecular flexibility index (Phi) is 13.0. The van der Waals surface area contributed by atoms with Crippen LogP contribution in [-0.4, -0.2) is 113 Å². The molecule has 4 atom stereocenters. The molecule has 0 radical (unpaired) electrons. The second-order valence-corrected chi connectivity index (χ2v) is 41.9. The minimum absolute atomic E-state index is 0.389. The molecule has 0 aromatic rings. The van der Waals surface area contributed by atoms with Gasteiger partial charge in [-0.3, -0.25) is 0 Å². The van der Waals surface area contributed by atoms with E-state index in [-0.39, 0.29) is 0 Å². The van der Waals surface area contributed by atoms with E-state index in [0.717, 1.165) is 0 Å². The van der Waals surface area contributed by atoms with Crippen LogP contribution in [0.2, 0.25) is 78.6 Å². The minimum atomic E-state index is -3.43. The maximum absolute atomic E-state index is 6.45. The van der Waals surface area contributed by atoms with Gasteiger partial charge in [0.05, 0.1) is 0 Å². The van der Waals surface area contributed by atoms with Crippen LogP contribution in [0.5, 0.6) is 0 Å². The lowest BCUT2D eigenvalue weighted by Gasteiger charge is -2.56. The molecule has 6 bridgehead atoms. The lowest BCUT2D eigenvalue weighted by Crippen LogP contribution is -2.81. The first kappa shape index (κ1) is 38.7. The minimum Gasteiger partial charge on any atom is -0.425 e. The summed E-state index contributed by atoms with van der Waals surface area (Å²) in [5.41, 5.74) is 1.91. The molecule has 4 aliphatic heterocycles. The fourth-order valence-corrected chi connectivity index (χ4v) is 46.9. The Bertz CT molecular complexity index is 874. The second kappa shape index (κ2) is 13.7. The molecule has 4 heterocycles. The summed E-state index contributed by atoms with van der Waals surface area (Å²) in [4.78, 5) is 0. The van der Waals surface area contributed by atoms with Gasteiger partial charge in [0, 0.05) is 60.0 Å². The predicted octanol–water partition coefficient (Wildman–Crippen LogP) is 1.53. The van der Waals surface area contributed by atoms with Gasteiger partial charge in [0.15, 0.2) is 9.04 Å². The fourth-order valence-electron chi connectivity index (χ4n) is 4.23. The van der Waals surface area contributed by atoms with E-state index in [0.29, 0.717) is 10.5 Å². The quantitative estimate of drug-likeness (QED) is 0.383. The van der Waals surface area contributed by atoms with E-state index < -0.39 is 88.3 Å². The van der Waals surface area contributed by atoms with Crippen LogP contribution in [0.1, 0.15) is 0 Å². The normalized spacial score (nSPS) is 46.0. The third-order valence-electron chi connectivity index (χ3n) is 5.96. The molecule has 0 saturated carbocycles. The standard InChI is InChI=1S/C8H28O12Si9.C5H12OSi.C3H10OSi/c1-22-10-24(3)14-26(5)12-23(2,9-21)13-27(6)15-25(4,11-22)17-28(7,16-24)20-29(8,18-26)19-27;1-5-7(3,4)6-2;1-4-5(2)3/h22H,1-8,21H3;5H,1H2,2-4H3;5H,1-3H3. The zero-order chi connectivity index (χ0) is 31.8. The van der Waals surface area contributed by atoms with Gasteiger partial charge < -0.3 is 58.2 Å². The van der Waals surface area contributed by atoms with E-state index in [1.165, 1.54) is 0 Å². The summed E-state index contributed by atoms with van der Waals surface area (Å²) in [6.07, 6.45) is 0. The highest BCUT2D eigenvalue weighted by Gasteiger charge is 2.73. The van der Waals surface area contributed by atoms with Crippen molar-refractivity contribution in [3.05, 3.63) is 12.3 Å². The highest BCUT2D eigenvalue weighted by molar-refractivity contribution is 6.99. The topological polar surface area (TPSA) is 129 Å². The first-order valence-corrected chi connectivity index (χ1v) is 37.6. The first-order chi connectivity index (χ1) is 18.4. The lowest BCUT2D eigenvalue weighted by atomic mass is 11.3. The number of fused-ring (bicyclic) bond motifs is 4. The van der Waals surface area contributed by atoms with Crippen molar-refractivity contribution in [2.75, 3.05) is 14.2 Å². The van der Waals surface area contributed by atoms with Gasteiger partial charge in [-0.25, -0.2) is 0 Å². The van der Waals surface area contributed by atoms with Crippen LogP contribution in [0.3, 0.4) is 0 Å². The summed E-state index contributed by atoms with van der Waals surface area (Å²) in [7, 11) is -23.9. The van der Waals surface area contributed by atoms with Crippen molar-refractivity contribution in [3.63, 3.8) is 0 Å². The Labute approximate surface area is 260 Å². The maximum Gasteiger partial charge on any atom is 0.475 e. The van der Waals surface area contributed by atoms with E-state index >= 15 is 0 Å². The summed E-state index contributed by atoms with van der Waals surface area (Å²) >= 11 is 0. The van der Waals surface area contributed by atoms with Gasteiger partial charge in [0.2, 0.25) is 8.32 Å². The molecule has 0 N–H and O–H groups in total. The summed E-state index contributed by atoms with van der Waals surface area (Å²) in [6.45, 7) is 26.4. The van der Waals surface area contributed by atoms with Crippen LogP contribution in [0, 0.1) is 0 Å². The fraction of sp³-hybridized carbons (Fsp3) is 0.875. The van der Waals surface area contributed by atoms with Crippen molar-refractivity contribution in [1.29, 1.82) is 0 Å². The smallest absolute Gasteiger partial charge is 0.425 e. The molecule has 0 aromatic carbocycles. The SMILES string of the molecule is C=C[Si](C)(C)OC.CO[SiH](C)C.C[SiH]1O[Si]2(C)O[Si]3(C)O[Si](C)(O[SiH3])O[Si]4(C)O[Si](C)(O1)O[Si](C)(O2)O[Si](C)(O3)O4. The molecule has 4 rings (SSSR count). The van der Waals surface area contributed by atoms with Gasteiger partial charge in [0.25, 0.3) is 0 Å². The van der Waals surface area contributed by atoms with Crippen LogP contribution >= 0.6 is 0 Å². The Morgan fingerprint density at radius 1 is 0.683 bits per heavy atom. The van der Waals surface area contributed by atoms with E-state index in [4.69, 9.17) is 58.2 Å². The average molecular weight is 776 g/mol. The molecule has 14 nitrogen and oxygen atoms in total. The summed E-state index contributed by atoms with van der Waals surface area (Å²) in [5.74, 6) is 0. The first-order valence-electron chi connectivity index (χ1n) is 13.4. The molecule has 4 saturated heterocycles. The number of hydrogen-bond acceptors (Lipinski definition) is 14. The summed E-state index contributed by atoms with van der Waals surface area (Å²) in [6, 6.07) is 0. The van der Waals surface area contributed by atoms with Crippen LogP contribution in [0.4, 0.5) is 0 Å². The van der Waals surface area contributed by atoms with Crippen molar-refractivity contribution < 1.29 is 58.2 Å². The molecule has 4 unspecified atom stereocenters. The average Bonchev–Trinajstić information content (AvgIpc) is 2.73. The number of rotatable bonds is 4. The van der Waals surface area contributed by atoms with Crippen molar-refractivity contribution in [2.24, 2.45) is 0 Å². The molecule has 25 heteroatoms. The van der Waals surface area contributed by atoms with Crippen molar-refractivity contribution in [2.45, 2.75) is 78.6 Å². The monoisotopic (exact) mass is 774 g/mol. The van der Waals surface area contributed by atoms with E-state index in [2.05, 4.69) is 32.8 Å². The third-order valence-corrected chi connectivity index (χ3v) is 44.7. The van der Waals surface area contributed by atoms with Crippen LogP contribution in [-0.2, 0) is 58.2 Å². The van der Waals surface area contributed by atoms with Gasteiger partial charge in [0.1, 0.15) is 10.5 Å². The summed E-state index contributed by atoms with van der Waals surface area (Å²) in [5, 5.41) is 0. The summed E-state index contributed by atoms with van der Waals surface area (Å²) < 4.78 is 86.2. The molecule has 0 amide bonds. The molecular weight excluding hydrogens is 725 g/mol. The zero-order valence-electron chi connectivity index (χ0n) is 27.2. The van der Waals surface area contributed by atoms with E-state index in [1.807, 2.05) is 12.2 Å². The Balaban J connectivity index is 0.000000414. The molecule has 0 aliphatic carbocycles. The van der Waals surface area contributed by atoms with Crippen LogP contribution in [0.15, 0.2) is 12.3 Å². The van der Waals surface area contributed by atoms with Gasteiger partial charge in [-0.15, -0.1) is 6.58 Å². The van der Waals surface area contributed by atoms with Gasteiger partial charge in [-0.2, -0.15) is 0 Å². The molecule has 4 aliphatic rings. The largest absolute Gasteiger partial charge is 0.475 e. The Morgan fingerprint density at radius 3 is 1.20 bits per heavy atom. The van der Waals surface area contributed by atoms with Gasteiger partial charge >= 0.3 is 70.9 Å². The third kappa shape index (κ3) is 11.1. The van der Waals surface area contributed by atoms with Crippen molar-refractivity contribution in [3.8, 4) is 0 Å². The predicted molar refractivity (Wildman–Crippen MR) is 178 cm³/mol. The highest BCUT2D eigenvalue weighted by atomic mass is 28.6. The molecular formula is C16H50O14Si11. The van der Waals surface area contributed by atoms with Crippen LogP contribution in [0.25, 0.3) is 0 Å². The molecule has 0 aromatic heterocycles. The zero-order valence-corrected chi connectivity index (χ0v) is 39.5.